The van der Waals surface area contributed by atoms with E-state index in [1.165, 1.54) is 54.4 Å². The number of alkyl halides is 3. The van der Waals surface area contributed by atoms with Gasteiger partial charge in [-0.15, -0.1) is 0 Å². The van der Waals surface area contributed by atoms with Crippen molar-refractivity contribution in [1.29, 1.82) is 0 Å². The van der Waals surface area contributed by atoms with Gasteiger partial charge in [-0.1, -0.05) is 36.3 Å². The molecule has 2 aliphatic rings. The van der Waals surface area contributed by atoms with Crippen LogP contribution in [0.3, 0.4) is 0 Å². The van der Waals surface area contributed by atoms with E-state index in [9.17, 15) is 18.0 Å². The normalized spacial score (nSPS) is 24.9. The number of hydrogen-bond donors (Lipinski definition) is 1. The first-order valence-corrected chi connectivity index (χ1v) is 13.1. The second-order valence-corrected chi connectivity index (χ2v) is 10.9. The van der Waals surface area contributed by atoms with E-state index in [1.54, 1.807) is 6.08 Å². The van der Waals surface area contributed by atoms with E-state index in [1.807, 2.05) is 0 Å². The lowest BCUT2D eigenvalue weighted by Gasteiger charge is -2.41. The molecule has 206 valence electrons. The van der Waals surface area contributed by atoms with Gasteiger partial charge in [0.05, 0.1) is 26.2 Å². The highest BCUT2D eigenvalue weighted by molar-refractivity contribution is 5.87. The van der Waals surface area contributed by atoms with Crippen LogP contribution in [0.5, 0.6) is 0 Å². The fourth-order valence-corrected chi connectivity index (χ4v) is 5.14. The number of hydrogen-bond acceptors (Lipinski definition) is 3. The van der Waals surface area contributed by atoms with E-state index in [4.69, 9.17) is 9.90 Å². The summed E-state index contributed by atoms with van der Waals surface area (Å²) < 4.78 is 32.8. The molecule has 4 unspecified atom stereocenters. The third-order valence-corrected chi connectivity index (χ3v) is 7.33. The lowest BCUT2D eigenvalue weighted by Crippen LogP contribution is -2.53. The van der Waals surface area contributed by atoms with Crippen LogP contribution in [-0.2, 0) is 9.59 Å². The van der Waals surface area contributed by atoms with E-state index < -0.39 is 12.1 Å². The topological polar surface area (TPSA) is 69.2 Å². The second-order valence-electron chi connectivity index (χ2n) is 10.9. The molecule has 0 aromatic carbocycles. The fourth-order valence-electron chi connectivity index (χ4n) is 5.14. The van der Waals surface area contributed by atoms with E-state index in [0.717, 1.165) is 38.3 Å². The Kier molecular flexibility index (Phi) is 13.5. The van der Waals surface area contributed by atoms with Gasteiger partial charge in [-0.3, -0.25) is 4.79 Å². The Morgan fingerprint density at radius 3 is 2.36 bits per heavy atom. The molecule has 2 saturated heterocycles. The summed E-state index contributed by atoms with van der Waals surface area (Å²) in [5.41, 5.74) is 2.87. The lowest BCUT2D eigenvalue weighted by molar-refractivity contribution is -0.927. The Bertz CT molecular complexity index is 800. The van der Waals surface area contributed by atoms with Crippen LogP contribution in [-0.4, -0.2) is 55.3 Å². The summed E-state index contributed by atoms with van der Waals surface area (Å²) in [6, 6.07) is 0.763. The van der Waals surface area contributed by atoms with Crippen LogP contribution in [0.1, 0.15) is 79.1 Å². The van der Waals surface area contributed by atoms with Gasteiger partial charge in [0, 0.05) is 25.3 Å². The lowest BCUT2D eigenvalue weighted by atomic mass is 9.92. The molecule has 5 nitrogen and oxygen atoms in total. The standard InChI is InChI=1S/C26H44N2O.C2HF3O2/c1-21(2)10-8-11-22(3)12-9-13-23(4)15-16-26(29)27-20-24-17-19-28(5)18-7-6-14-25(24)28;3-2(4,5)1(6)7/h10,12,15-16,23-25H,6-9,11,13-14,17-20H2,1-5H3;(H,6,7)/b16-15+,22-12+;. The maximum atomic E-state index is 12.3. The molecule has 0 aliphatic carbocycles. The van der Waals surface area contributed by atoms with Gasteiger partial charge in [-0.05, 0) is 71.3 Å². The number of piperidine rings is 1. The largest absolute Gasteiger partial charge is 0.542 e. The molecule has 0 aromatic rings. The van der Waals surface area contributed by atoms with Crippen molar-refractivity contribution < 1.29 is 32.3 Å². The molecule has 8 heteroatoms. The summed E-state index contributed by atoms with van der Waals surface area (Å²) >= 11 is 0. The van der Waals surface area contributed by atoms with Crippen molar-refractivity contribution in [1.82, 2.24) is 5.32 Å². The number of halogens is 3. The second kappa shape index (κ2) is 15.2. The van der Waals surface area contributed by atoms with Crippen molar-refractivity contribution >= 4 is 11.9 Å². The average Bonchev–Trinajstić information content (AvgIpc) is 3.12. The minimum absolute atomic E-state index is 0.0854. The van der Waals surface area contributed by atoms with Crippen molar-refractivity contribution in [2.24, 2.45) is 11.8 Å². The maximum absolute atomic E-state index is 12.3. The minimum Gasteiger partial charge on any atom is -0.542 e. The first-order valence-electron chi connectivity index (χ1n) is 13.1. The molecule has 0 aromatic heterocycles. The third kappa shape index (κ3) is 12.2. The van der Waals surface area contributed by atoms with Gasteiger partial charge in [0.1, 0.15) is 5.97 Å². The smallest absolute Gasteiger partial charge is 0.430 e. The summed E-state index contributed by atoms with van der Waals surface area (Å²) in [6.07, 6.45) is 13.1. The maximum Gasteiger partial charge on any atom is 0.430 e. The Balaban J connectivity index is 0.000000809. The molecule has 2 aliphatic heterocycles. The Morgan fingerprint density at radius 1 is 1.08 bits per heavy atom. The number of carboxylic acid groups (broad SMARTS) is 1. The number of amides is 1. The molecule has 0 bridgehead atoms. The quantitative estimate of drug-likeness (QED) is 0.251. The molecule has 0 saturated carbocycles. The number of nitrogens with zero attached hydrogens (tertiary/aromatic N) is 1. The van der Waals surface area contributed by atoms with Gasteiger partial charge in [-0.2, -0.15) is 13.2 Å². The van der Waals surface area contributed by atoms with Crippen molar-refractivity contribution in [3.63, 3.8) is 0 Å². The van der Waals surface area contributed by atoms with Gasteiger partial charge in [-0.25, -0.2) is 0 Å². The van der Waals surface area contributed by atoms with Gasteiger partial charge in [0.15, 0.2) is 0 Å². The van der Waals surface area contributed by atoms with Crippen LogP contribution < -0.4 is 10.4 Å². The van der Waals surface area contributed by atoms with Crippen molar-refractivity contribution in [3.8, 4) is 0 Å². The highest BCUT2D eigenvalue weighted by atomic mass is 19.4. The van der Waals surface area contributed by atoms with E-state index in [2.05, 4.69) is 58.3 Å². The highest BCUT2D eigenvalue weighted by Crippen LogP contribution is 2.36. The number of fused-ring (bicyclic) bond motifs is 1. The van der Waals surface area contributed by atoms with Crippen LogP contribution in [0.15, 0.2) is 35.5 Å². The molecule has 0 spiro atoms. The molecule has 0 radical (unpaired) electrons. The first-order chi connectivity index (χ1) is 16.7. The monoisotopic (exact) mass is 514 g/mol. The summed E-state index contributed by atoms with van der Waals surface area (Å²) in [6.45, 7) is 12.2. The van der Waals surface area contributed by atoms with Crippen LogP contribution in [0.4, 0.5) is 13.2 Å². The molecular formula is C28H45F3N2O3. The molecular weight excluding hydrogens is 469 g/mol. The molecule has 1 N–H and O–H groups in total. The van der Waals surface area contributed by atoms with E-state index in [0.29, 0.717) is 11.8 Å². The Labute approximate surface area is 215 Å². The van der Waals surface area contributed by atoms with Crippen LogP contribution in [0.25, 0.3) is 0 Å². The number of carbonyl (C=O) groups is 2. The SMILES string of the molecule is CC(C)=CCC/C(C)=C/CCC(C)/C=C/C(=O)NCC1CC[N+]2(C)CCCCC12.O=C([O-])C(F)(F)F. The predicted molar refractivity (Wildman–Crippen MR) is 136 cm³/mol. The molecule has 2 rings (SSSR count). The zero-order chi connectivity index (χ0) is 27.4. The van der Waals surface area contributed by atoms with Gasteiger partial charge in [0.2, 0.25) is 5.91 Å². The number of allylic oxidation sites excluding steroid dienone is 5. The number of carboxylic acids is 1. The molecule has 4 atom stereocenters. The average molecular weight is 515 g/mol. The molecule has 36 heavy (non-hydrogen) atoms. The van der Waals surface area contributed by atoms with E-state index >= 15 is 0 Å². The predicted octanol–water partition coefficient (Wildman–Crippen LogP) is 5.09. The zero-order valence-electron chi connectivity index (χ0n) is 22.6. The minimum atomic E-state index is -5.19. The molecule has 1 amide bonds. The zero-order valence-corrected chi connectivity index (χ0v) is 22.6. The van der Waals surface area contributed by atoms with Crippen molar-refractivity contribution in [3.05, 3.63) is 35.5 Å². The summed E-state index contributed by atoms with van der Waals surface area (Å²) in [5, 5.41) is 12.0. The number of nitrogens with one attached hydrogen (secondary N) is 1. The highest BCUT2D eigenvalue weighted by Gasteiger charge is 2.46. The number of carbonyl (C=O) groups excluding carboxylic acids is 2. The summed E-state index contributed by atoms with van der Waals surface area (Å²) in [4.78, 5) is 21.1. The summed E-state index contributed by atoms with van der Waals surface area (Å²) in [5.74, 6) is -1.82. The fraction of sp³-hybridized carbons (Fsp3) is 0.714. The van der Waals surface area contributed by atoms with Gasteiger partial charge < -0.3 is 19.7 Å². The number of quaternary nitrogens is 1. The first kappa shape index (κ1) is 31.9. The number of aliphatic carboxylic acids is 1. The molecule has 2 fully saturated rings. The van der Waals surface area contributed by atoms with Crippen LogP contribution in [0, 0.1) is 11.8 Å². The van der Waals surface area contributed by atoms with Gasteiger partial charge >= 0.3 is 6.18 Å². The number of rotatable bonds is 10. The van der Waals surface area contributed by atoms with Crippen molar-refractivity contribution in [2.45, 2.75) is 91.3 Å². The van der Waals surface area contributed by atoms with Gasteiger partial charge in [0.25, 0.3) is 0 Å². The van der Waals surface area contributed by atoms with Crippen LogP contribution >= 0.6 is 0 Å². The third-order valence-electron chi connectivity index (χ3n) is 7.33. The Hall–Kier alpha value is -2.09. The van der Waals surface area contributed by atoms with Crippen LogP contribution in [0.2, 0.25) is 0 Å². The van der Waals surface area contributed by atoms with Crippen molar-refractivity contribution in [2.75, 3.05) is 26.7 Å². The summed E-state index contributed by atoms with van der Waals surface area (Å²) in [7, 11) is 2.42. The Morgan fingerprint density at radius 2 is 1.75 bits per heavy atom. The molecule has 2 heterocycles. The van der Waals surface area contributed by atoms with E-state index in [-0.39, 0.29) is 5.91 Å².